The Morgan fingerprint density at radius 2 is 1.75 bits per heavy atom. The third-order valence-corrected chi connectivity index (χ3v) is 4.50. The molecule has 1 aromatic carbocycles. The van der Waals surface area contributed by atoms with Crippen molar-refractivity contribution in [2.75, 3.05) is 6.54 Å². The number of hydrogen-bond donors (Lipinski definition) is 2. The van der Waals surface area contributed by atoms with Crippen molar-refractivity contribution in [2.45, 2.75) is 30.7 Å². The minimum atomic E-state index is -5.46. The monoisotopic (exact) mass is 426 g/mol. The minimum absolute atomic E-state index is 0.161. The summed E-state index contributed by atoms with van der Waals surface area (Å²) in [6.45, 7) is 1.11. The Balaban J connectivity index is 3.09. The number of benzene rings is 1. The zero-order chi connectivity index (χ0) is 21.6. The van der Waals surface area contributed by atoms with Crippen LogP contribution in [0.1, 0.15) is 19.8 Å². The number of carbonyl (C=O) groups excluding carboxylic acids is 1. The van der Waals surface area contributed by atoms with E-state index < -0.39 is 56.0 Å². The minimum Gasteiger partial charge on any atom is -0.353 e. The quantitative estimate of drug-likeness (QED) is 0.0739. The average Bonchev–Trinajstić information content (AvgIpc) is 2.59. The fourth-order valence-corrected chi connectivity index (χ4v) is 2.82. The maximum absolute atomic E-state index is 13.9. The molecular weight excluding hydrogens is 412 g/mol. The maximum atomic E-state index is 13.9. The number of rotatable bonds is 8. The van der Waals surface area contributed by atoms with Gasteiger partial charge in [0.05, 0.1) is 6.04 Å². The summed E-state index contributed by atoms with van der Waals surface area (Å²) in [6.07, 6.45) is 0.386. The molecule has 0 heterocycles. The molecule has 15 heteroatoms. The van der Waals surface area contributed by atoms with Crippen LogP contribution in [0.25, 0.3) is 10.4 Å². The Labute approximate surface area is 155 Å². The Hall–Kier alpha value is -2.90. The zero-order valence-corrected chi connectivity index (χ0v) is 15.0. The summed E-state index contributed by atoms with van der Waals surface area (Å²) in [7, 11) is -5.46. The van der Waals surface area contributed by atoms with Crippen molar-refractivity contribution in [3.05, 3.63) is 33.7 Å². The summed E-state index contributed by atoms with van der Waals surface area (Å²) in [6, 6.07) is -1.83. The van der Waals surface area contributed by atoms with E-state index in [-0.39, 0.29) is 25.2 Å². The Kier molecular flexibility index (Phi) is 7.72. The predicted molar refractivity (Wildman–Crippen MR) is 87.7 cm³/mol. The van der Waals surface area contributed by atoms with Gasteiger partial charge < -0.3 is 15.7 Å². The molecule has 1 rings (SSSR count). The molecule has 0 bridgehead atoms. The molecule has 0 aliphatic carbocycles. The molecule has 0 radical (unpaired) electrons. The van der Waals surface area contributed by atoms with Gasteiger partial charge in [0.1, 0.15) is 11.5 Å². The number of azide groups is 1. The van der Waals surface area contributed by atoms with E-state index in [0.29, 0.717) is 0 Å². The Morgan fingerprint density at radius 1 is 1.21 bits per heavy atom. The normalized spacial score (nSPS) is 13.0. The van der Waals surface area contributed by atoms with Crippen molar-refractivity contribution in [3.8, 4) is 0 Å². The third kappa shape index (κ3) is 5.31. The van der Waals surface area contributed by atoms with Crippen molar-refractivity contribution in [3.63, 3.8) is 0 Å². The number of aliphatic imine (C=N–C) groups is 1. The second-order valence-electron chi connectivity index (χ2n) is 5.24. The largest absolute Gasteiger partial charge is 0.353 e. The molecular formula is C13H14F4N6O4S. The number of hydrogen-bond acceptors (Lipinski definition) is 7. The highest BCUT2D eigenvalue weighted by Gasteiger charge is 2.34. The van der Waals surface area contributed by atoms with Gasteiger partial charge in [-0.05, 0) is 25.3 Å². The number of nitrogens with two attached hydrogens (primary N) is 2. The highest BCUT2D eigenvalue weighted by molar-refractivity contribution is 7.87. The van der Waals surface area contributed by atoms with E-state index >= 15 is 0 Å². The van der Waals surface area contributed by atoms with Gasteiger partial charge in [-0.25, -0.2) is 22.6 Å². The lowest BCUT2D eigenvalue weighted by atomic mass is 10.1. The summed E-state index contributed by atoms with van der Waals surface area (Å²) >= 11 is 0. The lowest BCUT2D eigenvalue weighted by molar-refractivity contribution is -0.118. The molecule has 0 saturated carbocycles. The second kappa shape index (κ2) is 9.34. The van der Waals surface area contributed by atoms with Crippen LogP contribution in [0.15, 0.2) is 15.0 Å². The molecule has 4 N–H and O–H groups in total. The molecule has 28 heavy (non-hydrogen) atoms. The van der Waals surface area contributed by atoms with Gasteiger partial charge in [0.25, 0.3) is 6.02 Å². The second-order valence-corrected chi connectivity index (χ2v) is 6.72. The molecule has 0 fully saturated rings. The summed E-state index contributed by atoms with van der Waals surface area (Å²) in [4.78, 5) is 14.3. The number of amidine groups is 1. The highest BCUT2D eigenvalue weighted by atomic mass is 32.2. The Bertz CT molecular complexity index is 933. The van der Waals surface area contributed by atoms with Crippen LogP contribution in [-0.4, -0.2) is 32.8 Å². The number of nitrogens with zero attached hydrogens (tertiary/aromatic N) is 4. The molecule has 10 nitrogen and oxygen atoms in total. The number of carbonyl (C=O) groups is 1. The summed E-state index contributed by atoms with van der Waals surface area (Å²) in [5, 5.41) is 2.42. The van der Waals surface area contributed by atoms with Gasteiger partial charge in [0, 0.05) is 11.5 Å². The first-order valence-corrected chi connectivity index (χ1v) is 8.76. The number of Topliss-reactive ketones (excluding diaryl/α,β-unsaturated/α-hetero) is 1. The first kappa shape index (κ1) is 23.1. The third-order valence-electron chi connectivity index (χ3n) is 3.25. The highest BCUT2D eigenvalue weighted by Crippen LogP contribution is 2.33. The van der Waals surface area contributed by atoms with Crippen molar-refractivity contribution in [1.82, 2.24) is 0 Å². The molecule has 0 aromatic heterocycles. The molecule has 0 amide bonds. The molecule has 1 aromatic rings. The molecule has 1 atom stereocenters. The standard InChI is InChI=1S/C13H14F4N6O4S/c1-5(24)6(18)3-2-4-21-13(19)27-28(25,26)12-9(16)7(14)11(22-23-20)8(15)10(12)17/h6H,2-4,18H2,1H3,(H2,19,21). The number of ketones is 1. The van der Waals surface area contributed by atoms with Gasteiger partial charge in [-0.1, -0.05) is 5.11 Å². The van der Waals surface area contributed by atoms with E-state index in [4.69, 9.17) is 17.0 Å². The van der Waals surface area contributed by atoms with Crippen LogP contribution in [0.2, 0.25) is 0 Å². The zero-order valence-electron chi connectivity index (χ0n) is 14.2. The van der Waals surface area contributed by atoms with Gasteiger partial charge in [-0.2, -0.15) is 8.42 Å². The summed E-state index contributed by atoms with van der Waals surface area (Å²) < 4.78 is 83.1. The molecule has 154 valence electrons. The molecule has 0 aliphatic rings. The smallest absolute Gasteiger partial charge is 0.347 e. The van der Waals surface area contributed by atoms with Gasteiger partial charge in [-0.3, -0.25) is 4.79 Å². The fourth-order valence-electron chi connectivity index (χ4n) is 1.84. The summed E-state index contributed by atoms with van der Waals surface area (Å²) in [5.74, 6) is -9.52. The lowest BCUT2D eigenvalue weighted by Gasteiger charge is -2.10. The predicted octanol–water partition coefficient (Wildman–Crippen LogP) is 1.90. The van der Waals surface area contributed by atoms with E-state index in [1.54, 1.807) is 0 Å². The van der Waals surface area contributed by atoms with Gasteiger partial charge >= 0.3 is 10.1 Å². The van der Waals surface area contributed by atoms with Crippen LogP contribution in [0.5, 0.6) is 0 Å². The number of halogens is 4. The molecule has 0 saturated heterocycles. The topological polar surface area (TPSA) is 174 Å². The average molecular weight is 426 g/mol. The molecule has 0 aliphatic heterocycles. The SMILES string of the molecule is CC(=O)C(N)CCCN=C(N)OS(=O)(=O)c1c(F)c(F)c(N=[N+]=[N-])c(F)c1F. The van der Waals surface area contributed by atoms with Crippen LogP contribution in [0, 0.1) is 23.3 Å². The first-order valence-electron chi connectivity index (χ1n) is 7.35. The van der Waals surface area contributed by atoms with Crippen LogP contribution in [-0.2, 0) is 19.1 Å². The lowest BCUT2D eigenvalue weighted by Crippen LogP contribution is -2.28. The van der Waals surface area contributed by atoms with Crippen molar-refractivity contribution in [2.24, 2.45) is 21.6 Å². The van der Waals surface area contributed by atoms with Crippen LogP contribution in [0.3, 0.4) is 0 Å². The van der Waals surface area contributed by atoms with E-state index in [1.165, 1.54) is 6.92 Å². The van der Waals surface area contributed by atoms with Gasteiger partial charge in [0.15, 0.2) is 28.2 Å². The van der Waals surface area contributed by atoms with E-state index in [9.17, 15) is 30.8 Å². The van der Waals surface area contributed by atoms with Gasteiger partial charge in [0.2, 0.25) is 0 Å². The molecule has 1 unspecified atom stereocenters. The Morgan fingerprint density at radius 3 is 2.21 bits per heavy atom. The van der Waals surface area contributed by atoms with Crippen molar-refractivity contribution in [1.29, 1.82) is 0 Å². The van der Waals surface area contributed by atoms with Crippen LogP contribution >= 0.6 is 0 Å². The van der Waals surface area contributed by atoms with Crippen molar-refractivity contribution >= 4 is 27.6 Å². The van der Waals surface area contributed by atoms with E-state index in [2.05, 4.69) is 14.3 Å². The van der Waals surface area contributed by atoms with E-state index in [0.717, 1.165) is 0 Å². The van der Waals surface area contributed by atoms with Crippen LogP contribution in [0.4, 0.5) is 23.2 Å². The van der Waals surface area contributed by atoms with Gasteiger partial charge in [-0.15, -0.1) is 0 Å². The van der Waals surface area contributed by atoms with Crippen LogP contribution < -0.4 is 11.5 Å². The van der Waals surface area contributed by atoms with Crippen molar-refractivity contribution < 1.29 is 35.0 Å². The molecule has 0 spiro atoms. The first-order chi connectivity index (χ1) is 12.9. The fraction of sp³-hybridized carbons (Fsp3) is 0.385. The maximum Gasteiger partial charge on any atom is 0.347 e. The van der Waals surface area contributed by atoms with E-state index in [1.807, 2.05) is 4.91 Å². The summed E-state index contributed by atoms with van der Waals surface area (Å²) in [5.41, 5.74) is 17.1.